The van der Waals surface area contributed by atoms with Gasteiger partial charge in [0.1, 0.15) is 6.04 Å². The summed E-state index contributed by atoms with van der Waals surface area (Å²) in [4.78, 5) is 28.8. The Labute approximate surface area is 157 Å². The van der Waals surface area contributed by atoms with E-state index >= 15 is 0 Å². The van der Waals surface area contributed by atoms with Crippen LogP contribution in [0.3, 0.4) is 0 Å². The number of aryl methyl sites for hydroxylation is 2. The Bertz CT molecular complexity index is 718. The molecule has 26 heavy (non-hydrogen) atoms. The minimum atomic E-state index is -0.882. The van der Waals surface area contributed by atoms with Crippen molar-refractivity contribution in [2.24, 2.45) is 0 Å². The molecule has 0 aliphatic carbocycles. The van der Waals surface area contributed by atoms with Gasteiger partial charge in [-0.15, -0.1) is 11.3 Å². The normalized spacial score (nSPS) is 12.1. The van der Waals surface area contributed by atoms with Crippen LogP contribution >= 0.6 is 11.3 Å². The van der Waals surface area contributed by atoms with Crippen LogP contribution in [0.2, 0.25) is 0 Å². The SMILES string of the molecule is CC(=O)NCCN(Cc1csc(CCc2ccccc2)n1)C(C)C(=O)O. The quantitative estimate of drug-likeness (QED) is 0.666. The zero-order valence-electron chi connectivity index (χ0n) is 15.1. The van der Waals surface area contributed by atoms with Crippen LogP contribution < -0.4 is 5.32 Å². The number of aromatic nitrogens is 1. The lowest BCUT2D eigenvalue weighted by molar-refractivity contribution is -0.142. The van der Waals surface area contributed by atoms with Crippen molar-refractivity contribution in [1.29, 1.82) is 0 Å². The summed E-state index contributed by atoms with van der Waals surface area (Å²) in [5, 5.41) is 15.1. The van der Waals surface area contributed by atoms with Crippen LogP contribution in [-0.4, -0.2) is 46.0 Å². The van der Waals surface area contributed by atoms with E-state index in [9.17, 15) is 14.7 Å². The Balaban J connectivity index is 1.93. The number of nitrogens with one attached hydrogen (secondary N) is 1. The maximum atomic E-state index is 11.3. The van der Waals surface area contributed by atoms with Crippen LogP contribution in [0.25, 0.3) is 0 Å². The molecule has 1 unspecified atom stereocenters. The Morgan fingerprint density at radius 1 is 1.27 bits per heavy atom. The van der Waals surface area contributed by atoms with E-state index in [4.69, 9.17) is 0 Å². The highest BCUT2D eigenvalue weighted by Gasteiger charge is 2.21. The highest BCUT2D eigenvalue weighted by atomic mass is 32.1. The van der Waals surface area contributed by atoms with E-state index in [-0.39, 0.29) is 5.91 Å². The van der Waals surface area contributed by atoms with Crippen LogP contribution in [-0.2, 0) is 29.0 Å². The fraction of sp³-hybridized carbons (Fsp3) is 0.421. The number of aliphatic carboxylic acids is 1. The van der Waals surface area contributed by atoms with E-state index in [1.165, 1.54) is 12.5 Å². The molecule has 2 aromatic rings. The Morgan fingerprint density at radius 3 is 2.65 bits per heavy atom. The van der Waals surface area contributed by atoms with Crippen LogP contribution in [0.15, 0.2) is 35.7 Å². The number of amides is 1. The highest BCUT2D eigenvalue weighted by Crippen LogP contribution is 2.16. The second kappa shape index (κ2) is 10.0. The van der Waals surface area contributed by atoms with Crippen LogP contribution in [0.5, 0.6) is 0 Å². The summed E-state index contributed by atoms with van der Waals surface area (Å²) >= 11 is 1.60. The molecule has 2 rings (SSSR count). The number of nitrogens with zero attached hydrogens (tertiary/aromatic N) is 2. The van der Waals surface area contributed by atoms with Crippen molar-refractivity contribution in [3.63, 3.8) is 0 Å². The lowest BCUT2D eigenvalue weighted by atomic mass is 10.1. The maximum Gasteiger partial charge on any atom is 0.320 e. The van der Waals surface area contributed by atoms with Crippen molar-refractivity contribution in [3.05, 3.63) is 52.0 Å². The molecule has 0 saturated heterocycles. The molecular weight excluding hydrogens is 350 g/mol. The molecule has 6 nitrogen and oxygen atoms in total. The first-order valence-corrected chi connectivity index (χ1v) is 9.52. The Hall–Kier alpha value is -2.25. The molecule has 0 spiro atoms. The van der Waals surface area contributed by atoms with Crippen molar-refractivity contribution in [2.45, 2.75) is 39.3 Å². The van der Waals surface area contributed by atoms with Gasteiger partial charge in [0.25, 0.3) is 0 Å². The van der Waals surface area contributed by atoms with Crippen molar-refractivity contribution in [1.82, 2.24) is 15.2 Å². The smallest absolute Gasteiger partial charge is 0.320 e. The number of carboxylic acid groups (broad SMARTS) is 1. The van der Waals surface area contributed by atoms with Gasteiger partial charge in [-0.1, -0.05) is 30.3 Å². The fourth-order valence-electron chi connectivity index (χ4n) is 2.58. The van der Waals surface area contributed by atoms with E-state index in [1.54, 1.807) is 18.3 Å². The molecule has 0 fully saturated rings. The van der Waals surface area contributed by atoms with Gasteiger partial charge in [0, 0.05) is 38.4 Å². The molecular formula is C19H25N3O3S. The van der Waals surface area contributed by atoms with Gasteiger partial charge in [-0.05, 0) is 18.9 Å². The average molecular weight is 375 g/mol. The molecule has 140 valence electrons. The minimum Gasteiger partial charge on any atom is -0.480 e. The molecule has 0 aliphatic rings. The van der Waals surface area contributed by atoms with E-state index in [0.29, 0.717) is 19.6 Å². The number of carboxylic acids is 1. The van der Waals surface area contributed by atoms with E-state index in [0.717, 1.165) is 23.5 Å². The molecule has 1 aromatic heterocycles. The van der Waals surface area contributed by atoms with Gasteiger partial charge in [-0.25, -0.2) is 4.98 Å². The number of hydrogen-bond donors (Lipinski definition) is 2. The third kappa shape index (κ3) is 6.57. The molecule has 0 aliphatic heterocycles. The molecule has 1 atom stereocenters. The van der Waals surface area contributed by atoms with Gasteiger partial charge in [0.15, 0.2) is 0 Å². The first-order valence-electron chi connectivity index (χ1n) is 8.64. The molecule has 7 heteroatoms. The predicted molar refractivity (Wildman–Crippen MR) is 102 cm³/mol. The minimum absolute atomic E-state index is 0.121. The van der Waals surface area contributed by atoms with Gasteiger partial charge >= 0.3 is 5.97 Å². The van der Waals surface area contributed by atoms with Crippen molar-refractivity contribution in [2.75, 3.05) is 13.1 Å². The Kier molecular flexibility index (Phi) is 7.74. The summed E-state index contributed by atoms with van der Waals surface area (Å²) in [6, 6.07) is 9.63. The Morgan fingerprint density at radius 2 is 2.00 bits per heavy atom. The van der Waals surface area contributed by atoms with Crippen LogP contribution in [0, 0.1) is 0 Å². The third-order valence-electron chi connectivity index (χ3n) is 4.11. The lowest BCUT2D eigenvalue weighted by Gasteiger charge is -2.25. The van der Waals surface area contributed by atoms with Gasteiger partial charge < -0.3 is 10.4 Å². The van der Waals surface area contributed by atoms with Gasteiger partial charge in [0.05, 0.1) is 10.7 Å². The topological polar surface area (TPSA) is 82.5 Å². The zero-order valence-corrected chi connectivity index (χ0v) is 16.0. The van der Waals surface area contributed by atoms with E-state index in [1.807, 2.05) is 28.5 Å². The summed E-state index contributed by atoms with van der Waals surface area (Å²) in [5.74, 6) is -1.00. The first kappa shape index (κ1) is 20.1. The van der Waals surface area contributed by atoms with Gasteiger partial charge in [0.2, 0.25) is 5.91 Å². The zero-order chi connectivity index (χ0) is 18.9. The number of hydrogen-bond acceptors (Lipinski definition) is 5. The molecule has 2 N–H and O–H groups in total. The summed E-state index contributed by atoms with van der Waals surface area (Å²) < 4.78 is 0. The van der Waals surface area contributed by atoms with Crippen molar-refractivity contribution in [3.8, 4) is 0 Å². The second-order valence-electron chi connectivity index (χ2n) is 6.19. The van der Waals surface area contributed by atoms with Gasteiger partial charge in [-0.3, -0.25) is 14.5 Å². The van der Waals surface area contributed by atoms with Crippen LogP contribution in [0.4, 0.5) is 0 Å². The fourth-order valence-corrected chi connectivity index (χ4v) is 3.37. The lowest BCUT2D eigenvalue weighted by Crippen LogP contribution is -2.42. The predicted octanol–water partition coefficient (Wildman–Crippen LogP) is 2.34. The van der Waals surface area contributed by atoms with E-state index < -0.39 is 12.0 Å². The summed E-state index contributed by atoms with van der Waals surface area (Å²) in [6.07, 6.45) is 1.81. The van der Waals surface area contributed by atoms with Crippen LogP contribution in [0.1, 0.15) is 30.1 Å². The average Bonchev–Trinajstić information content (AvgIpc) is 3.06. The molecule has 1 aromatic carbocycles. The molecule has 0 bridgehead atoms. The molecule has 0 saturated carbocycles. The van der Waals surface area contributed by atoms with Crippen molar-refractivity contribution < 1.29 is 14.7 Å². The van der Waals surface area contributed by atoms with Crippen molar-refractivity contribution >= 4 is 23.2 Å². The molecule has 1 heterocycles. The number of carbonyl (C=O) groups excluding carboxylic acids is 1. The highest BCUT2D eigenvalue weighted by molar-refractivity contribution is 7.09. The van der Waals surface area contributed by atoms with E-state index in [2.05, 4.69) is 22.4 Å². The molecule has 1 amide bonds. The monoisotopic (exact) mass is 375 g/mol. The number of rotatable bonds is 10. The molecule has 0 radical (unpaired) electrons. The number of thiazole rings is 1. The number of benzene rings is 1. The third-order valence-corrected chi connectivity index (χ3v) is 5.07. The van der Waals surface area contributed by atoms with Gasteiger partial charge in [-0.2, -0.15) is 0 Å². The number of carbonyl (C=O) groups is 2. The maximum absolute atomic E-state index is 11.3. The summed E-state index contributed by atoms with van der Waals surface area (Å²) in [7, 11) is 0. The second-order valence-corrected chi connectivity index (χ2v) is 7.13. The summed E-state index contributed by atoms with van der Waals surface area (Å²) in [5.41, 5.74) is 2.15. The summed E-state index contributed by atoms with van der Waals surface area (Å²) in [6.45, 7) is 4.43. The standard InChI is InChI=1S/C19H25N3O3S/c1-14(19(24)25)22(11-10-20-15(2)23)12-17-13-26-18(21-17)9-8-16-6-4-3-5-7-16/h3-7,13-14H,8-12H2,1-2H3,(H,20,23)(H,24,25). The largest absolute Gasteiger partial charge is 0.480 e. The first-order chi connectivity index (χ1) is 12.5.